The maximum atomic E-state index is 5.95. The molecule has 100 valence electrons. The molecule has 0 saturated heterocycles. The van der Waals surface area contributed by atoms with Gasteiger partial charge in [-0.15, -0.1) is 0 Å². The van der Waals surface area contributed by atoms with Crippen molar-refractivity contribution in [3.63, 3.8) is 0 Å². The van der Waals surface area contributed by atoms with Gasteiger partial charge in [0.25, 0.3) is 0 Å². The Morgan fingerprint density at radius 3 is 2.65 bits per heavy atom. The van der Waals surface area contributed by atoms with E-state index >= 15 is 0 Å². The number of para-hydroxylation sites is 1. The smallest absolute Gasteiger partial charge is 0.185 e. The molecule has 0 spiro atoms. The van der Waals surface area contributed by atoms with Crippen LogP contribution in [0.4, 0.5) is 0 Å². The number of fused-ring (bicyclic) bond motifs is 3. The van der Waals surface area contributed by atoms with Gasteiger partial charge in [-0.3, -0.25) is 5.01 Å². The van der Waals surface area contributed by atoms with Gasteiger partial charge in [-0.05, 0) is 18.6 Å². The number of rotatable bonds is 1. The standard InChI is InChI=1S/C17H16N2O/c1-12-19-16(14-9-5-6-10-17(14)20-12)11-15(18-19)13-7-3-2-4-8-13/h2-10,12,16H,11H2,1H3. The monoisotopic (exact) mass is 264 g/mol. The van der Waals surface area contributed by atoms with Crippen LogP contribution >= 0.6 is 0 Å². The Bertz CT molecular complexity index is 666. The largest absolute Gasteiger partial charge is 0.469 e. The maximum Gasteiger partial charge on any atom is 0.185 e. The summed E-state index contributed by atoms with van der Waals surface area (Å²) in [4.78, 5) is 0. The molecule has 0 amide bonds. The van der Waals surface area contributed by atoms with Crippen molar-refractivity contribution in [3.8, 4) is 5.75 Å². The molecule has 2 aliphatic heterocycles. The minimum atomic E-state index is -0.0175. The summed E-state index contributed by atoms with van der Waals surface area (Å²) in [7, 11) is 0. The van der Waals surface area contributed by atoms with E-state index in [1.54, 1.807) is 0 Å². The first kappa shape index (κ1) is 11.5. The van der Waals surface area contributed by atoms with Crippen LogP contribution in [0.1, 0.15) is 30.5 Å². The van der Waals surface area contributed by atoms with Crippen molar-refractivity contribution in [2.75, 3.05) is 0 Å². The zero-order valence-electron chi connectivity index (χ0n) is 11.4. The molecule has 0 N–H and O–H groups in total. The highest BCUT2D eigenvalue weighted by Crippen LogP contribution is 2.42. The highest BCUT2D eigenvalue weighted by molar-refractivity contribution is 6.01. The number of nitrogens with zero attached hydrogens (tertiary/aromatic N) is 2. The molecule has 0 bridgehead atoms. The summed E-state index contributed by atoms with van der Waals surface area (Å²) in [5.41, 5.74) is 3.58. The van der Waals surface area contributed by atoms with Crippen molar-refractivity contribution in [1.82, 2.24) is 5.01 Å². The third kappa shape index (κ3) is 1.70. The van der Waals surface area contributed by atoms with Crippen LogP contribution in [0.15, 0.2) is 59.7 Å². The fraction of sp³-hybridized carbons (Fsp3) is 0.235. The third-order valence-electron chi connectivity index (χ3n) is 4.00. The van der Waals surface area contributed by atoms with Gasteiger partial charge < -0.3 is 4.74 Å². The van der Waals surface area contributed by atoms with E-state index in [2.05, 4.69) is 48.3 Å². The van der Waals surface area contributed by atoms with Gasteiger partial charge in [-0.2, -0.15) is 5.10 Å². The summed E-state index contributed by atoms with van der Waals surface area (Å²) in [6, 6.07) is 19.0. The number of hydrazone groups is 1. The van der Waals surface area contributed by atoms with Crippen molar-refractivity contribution in [1.29, 1.82) is 0 Å². The molecule has 2 aromatic rings. The van der Waals surface area contributed by atoms with Crippen molar-refractivity contribution in [2.45, 2.75) is 25.6 Å². The number of hydrogen-bond acceptors (Lipinski definition) is 3. The Morgan fingerprint density at radius 2 is 1.80 bits per heavy atom. The summed E-state index contributed by atoms with van der Waals surface area (Å²) in [6.45, 7) is 2.06. The number of hydrogen-bond donors (Lipinski definition) is 0. The Hall–Kier alpha value is -2.29. The van der Waals surface area contributed by atoms with E-state index in [4.69, 9.17) is 9.84 Å². The van der Waals surface area contributed by atoms with E-state index in [9.17, 15) is 0 Å². The van der Waals surface area contributed by atoms with Gasteiger partial charge in [-0.25, -0.2) is 0 Å². The fourth-order valence-corrected chi connectivity index (χ4v) is 3.02. The summed E-state index contributed by atoms with van der Waals surface area (Å²) in [5, 5.41) is 6.87. The van der Waals surface area contributed by atoms with Crippen LogP contribution in [0.2, 0.25) is 0 Å². The average Bonchev–Trinajstić information content (AvgIpc) is 2.94. The number of benzene rings is 2. The highest BCUT2D eigenvalue weighted by Gasteiger charge is 2.37. The lowest BCUT2D eigenvalue weighted by Crippen LogP contribution is -2.37. The van der Waals surface area contributed by atoms with Crippen molar-refractivity contribution >= 4 is 5.71 Å². The molecule has 3 nitrogen and oxygen atoms in total. The van der Waals surface area contributed by atoms with Crippen LogP contribution in [0.5, 0.6) is 5.75 Å². The number of ether oxygens (including phenoxy) is 1. The first-order chi connectivity index (χ1) is 9.83. The van der Waals surface area contributed by atoms with Crippen LogP contribution in [0, 0.1) is 0 Å². The van der Waals surface area contributed by atoms with Crippen LogP contribution in [0.25, 0.3) is 0 Å². The van der Waals surface area contributed by atoms with Gasteiger partial charge >= 0.3 is 0 Å². The molecule has 0 saturated carbocycles. The molecule has 3 heteroatoms. The Morgan fingerprint density at radius 1 is 1.05 bits per heavy atom. The summed E-state index contributed by atoms with van der Waals surface area (Å²) in [6.07, 6.45) is 0.922. The fourth-order valence-electron chi connectivity index (χ4n) is 3.02. The maximum absolute atomic E-state index is 5.95. The first-order valence-electron chi connectivity index (χ1n) is 7.00. The van der Waals surface area contributed by atoms with Gasteiger partial charge in [0.15, 0.2) is 6.23 Å². The normalized spacial score (nSPS) is 23.6. The molecule has 2 aromatic carbocycles. The van der Waals surface area contributed by atoms with E-state index in [0.717, 1.165) is 17.9 Å². The molecular weight excluding hydrogens is 248 g/mol. The predicted molar refractivity (Wildman–Crippen MR) is 78.7 cm³/mol. The second-order valence-electron chi connectivity index (χ2n) is 5.27. The van der Waals surface area contributed by atoms with Crippen molar-refractivity contribution < 1.29 is 4.74 Å². The molecule has 20 heavy (non-hydrogen) atoms. The van der Waals surface area contributed by atoms with E-state index in [1.807, 2.05) is 18.2 Å². The van der Waals surface area contributed by atoms with E-state index in [-0.39, 0.29) is 6.23 Å². The SMILES string of the molecule is CC1Oc2ccccc2C2CC(c3ccccc3)=NN12. The lowest BCUT2D eigenvalue weighted by atomic mass is 9.97. The second kappa shape index (κ2) is 4.37. The molecular formula is C17H16N2O. The summed E-state index contributed by atoms with van der Waals surface area (Å²) >= 11 is 0. The van der Waals surface area contributed by atoms with Gasteiger partial charge in [0, 0.05) is 12.0 Å². The van der Waals surface area contributed by atoms with Gasteiger partial charge in [0.2, 0.25) is 0 Å². The second-order valence-corrected chi connectivity index (χ2v) is 5.27. The highest BCUT2D eigenvalue weighted by atomic mass is 16.5. The molecule has 0 aromatic heterocycles. The van der Waals surface area contributed by atoms with Crippen molar-refractivity contribution in [3.05, 3.63) is 65.7 Å². The molecule has 4 rings (SSSR count). The molecule has 2 unspecified atom stereocenters. The first-order valence-corrected chi connectivity index (χ1v) is 7.00. The minimum Gasteiger partial charge on any atom is -0.469 e. The minimum absolute atomic E-state index is 0.0175. The molecule has 2 atom stereocenters. The Balaban J connectivity index is 1.74. The zero-order valence-corrected chi connectivity index (χ0v) is 11.4. The van der Waals surface area contributed by atoms with Crippen LogP contribution in [0.3, 0.4) is 0 Å². The average molecular weight is 264 g/mol. The van der Waals surface area contributed by atoms with Gasteiger partial charge in [-0.1, -0.05) is 48.5 Å². The van der Waals surface area contributed by atoms with Crippen LogP contribution < -0.4 is 4.74 Å². The molecule has 0 radical (unpaired) electrons. The van der Waals surface area contributed by atoms with E-state index < -0.39 is 0 Å². The van der Waals surface area contributed by atoms with E-state index in [0.29, 0.717) is 6.04 Å². The van der Waals surface area contributed by atoms with E-state index in [1.165, 1.54) is 11.1 Å². The van der Waals surface area contributed by atoms with Gasteiger partial charge in [0.05, 0.1) is 11.8 Å². The lowest BCUT2D eigenvalue weighted by molar-refractivity contribution is -0.00334. The molecule has 2 aliphatic rings. The topological polar surface area (TPSA) is 24.8 Å². The summed E-state index contributed by atoms with van der Waals surface area (Å²) in [5.74, 6) is 0.991. The molecule has 2 heterocycles. The molecule has 0 fully saturated rings. The summed E-state index contributed by atoms with van der Waals surface area (Å²) < 4.78 is 5.95. The lowest BCUT2D eigenvalue weighted by Gasteiger charge is -2.36. The zero-order chi connectivity index (χ0) is 13.5. The van der Waals surface area contributed by atoms with Crippen molar-refractivity contribution in [2.24, 2.45) is 5.10 Å². The van der Waals surface area contributed by atoms with Crippen LogP contribution in [-0.2, 0) is 0 Å². The third-order valence-corrected chi connectivity index (χ3v) is 4.00. The Labute approximate surface area is 118 Å². The molecule has 0 aliphatic carbocycles. The quantitative estimate of drug-likeness (QED) is 0.786. The van der Waals surface area contributed by atoms with Gasteiger partial charge in [0.1, 0.15) is 5.75 Å². The Kier molecular flexibility index (Phi) is 2.52. The predicted octanol–water partition coefficient (Wildman–Crippen LogP) is 3.58. The van der Waals surface area contributed by atoms with Crippen LogP contribution in [-0.4, -0.2) is 16.9 Å².